The molecule has 0 unspecified atom stereocenters. The quantitative estimate of drug-likeness (QED) is 0.791. The average molecular weight is 395 g/mol. The minimum absolute atomic E-state index is 0.316. The summed E-state index contributed by atoms with van der Waals surface area (Å²) < 4.78 is 28.5. The molecule has 0 bridgehead atoms. The molecule has 2 heterocycles. The van der Waals surface area contributed by atoms with E-state index in [9.17, 15) is 8.42 Å². The standard InChI is InChI=1S/C12H15BrN2O2S3/c1-8-5-12(19-10(8)7-14-2)20(16,17)15-6-9-3-4-11(13)18-9/h3-5,14-15H,6-7H2,1-2H3. The van der Waals surface area contributed by atoms with Gasteiger partial charge in [-0.1, -0.05) is 0 Å². The van der Waals surface area contributed by atoms with Gasteiger partial charge in [0.2, 0.25) is 10.0 Å². The smallest absolute Gasteiger partial charge is 0.250 e. The summed E-state index contributed by atoms with van der Waals surface area (Å²) in [5.74, 6) is 0. The van der Waals surface area contributed by atoms with Crippen LogP contribution in [-0.4, -0.2) is 15.5 Å². The molecule has 20 heavy (non-hydrogen) atoms. The zero-order valence-corrected chi connectivity index (χ0v) is 15.1. The first-order chi connectivity index (χ1) is 9.42. The van der Waals surface area contributed by atoms with Gasteiger partial charge in [-0.15, -0.1) is 22.7 Å². The molecular formula is C12H15BrN2O2S3. The number of halogens is 1. The van der Waals surface area contributed by atoms with Crippen molar-refractivity contribution in [3.05, 3.63) is 37.3 Å². The molecule has 0 atom stereocenters. The molecule has 2 aromatic rings. The lowest BCUT2D eigenvalue weighted by molar-refractivity contribution is 0.584. The van der Waals surface area contributed by atoms with E-state index in [-0.39, 0.29) is 0 Å². The molecule has 0 aromatic carbocycles. The SMILES string of the molecule is CNCc1sc(S(=O)(=O)NCc2ccc(Br)s2)cc1C. The third-order valence-corrected chi connectivity index (χ3v) is 7.40. The van der Waals surface area contributed by atoms with Crippen LogP contribution in [0.1, 0.15) is 15.3 Å². The van der Waals surface area contributed by atoms with Crippen LogP contribution in [0.2, 0.25) is 0 Å². The van der Waals surface area contributed by atoms with Crippen LogP contribution < -0.4 is 10.0 Å². The van der Waals surface area contributed by atoms with E-state index in [0.29, 0.717) is 17.3 Å². The second kappa shape index (κ2) is 6.67. The van der Waals surface area contributed by atoms with E-state index in [1.807, 2.05) is 26.1 Å². The normalized spacial score (nSPS) is 11.9. The van der Waals surface area contributed by atoms with Crippen molar-refractivity contribution in [2.24, 2.45) is 0 Å². The van der Waals surface area contributed by atoms with Crippen LogP contribution in [-0.2, 0) is 23.1 Å². The van der Waals surface area contributed by atoms with Gasteiger partial charge < -0.3 is 5.32 Å². The Morgan fingerprint density at radius 1 is 1.25 bits per heavy atom. The Kier molecular flexibility index (Phi) is 5.38. The van der Waals surface area contributed by atoms with Crippen molar-refractivity contribution in [2.75, 3.05) is 7.05 Å². The molecule has 0 aliphatic carbocycles. The van der Waals surface area contributed by atoms with Crippen molar-refractivity contribution in [1.82, 2.24) is 10.0 Å². The van der Waals surface area contributed by atoms with Crippen LogP contribution in [0.3, 0.4) is 0 Å². The lowest BCUT2D eigenvalue weighted by Crippen LogP contribution is -2.21. The fourth-order valence-electron chi connectivity index (χ4n) is 1.64. The molecule has 0 aliphatic heterocycles. The van der Waals surface area contributed by atoms with E-state index >= 15 is 0 Å². The van der Waals surface area contributed by atoms with Crippen molar-refractivity contribution in [3.63, 3.8) is 0 Å². The van der Waals surface area contributed by atoms with Crippen molar-refractivity contribution in [3.8, 4) is 0 Å². The molecule has 0 saturated heterocycles. The van der Waals surface area contributed by atoms with Gasteiger partial charge in [0.25, 0.3) is 0 Å². The van der Waals surface area contributed by atoms with Gasteiger partial charge in [-0.25, -0.2) is 13.1 Å². The molecule has 0 saturated carbocycles. The lowest BCUT2D eigenvalue weighted by Gasteiger charge is -2.02. The van der Waals surface area contributed by atoms with E-state index in [1.165, 1.54) is 22.7 Å². The summed E-state index contributed by atoms with van der Waals surface area (Å²) >= 11 is 6.20. The van der Waals surface area contributed by atoms with E-state index in [2.05, 4.69) is 26.0 Å². The number of hydrogen-bond donors (Lipinski definition) is 2. The van der Waals surface area contributed by atoms with Gasteiger partial charge in [0, 0.05) is 22.8 Å². The first-order valence-electron chi connectivity index (χ1n) is 5.90. The van der Waals surface area contributed by atoms with Gasteiger partial charge in [0.15, 0.2) is 0 Å². The topological polar surface area (TPSA) is 58.2 Å². The van der Waals surface area contributed by atoms with Gasteiger partial charge in [-0.05, 0) is 53.7 Å². The Hall–Kier alpha value is -0.250. The van der Waals surface area contributed by atoms with E-state index < -0.39 is 10.0 Å². The molecule has 0 fully saturated rings. The molecule has 110 valence electrons. The molecule has 0 amide bonds. The number of sulfonamides is 1. The second-order valence-electron chi connectivity index (χ2n) is 4.23. The summed E-state index contributed by atoms with van der Waals surface area (Å²) in [6.07, 6.45) is 0. The van der Waals surface area contributed by atoms with Gasteiger partial charge in [-0.3, -0.25) is 0 Å². The predicted molar refractivity (Wildman–Crippen MR) is 87.9 cm³/mol. The molecule has 2 rings (SSSR count). The Labute approximate surface area is 135 Å². The maximum atomic E-state index is 12.3. The molecule has 0 spiro atoms. The van der Waals surface area contributed by atoms with E-state index in [1.54, 1.807) is 6.07 Å². The zero-order chi connectivity index (χ0) is 14.8. The highest BCUT2D eigenvalue weighted by Crippen LogP contribution is 2.27. The highest BCUT2D eigenvalue weighted by molar-refractivity contribution is 9.11. The van der Waals surface area contributed by atoms with Crippen LogP contribution in [0.4, 0.5) is 0 Å². The Morgan fingerprint density at radius 3 is 2.60 bits per heavy atom. The zero-order valence-electron chi connectivity index (χ0n) is 11.1. The Bertz CT molecular complexity index is 691. The Morgan fingerprint density at radius 2 is 2.00 bits per heavy atom. The first kappa shape index (κ1) is 16.1. The lowest BCUT2D eigenvalue weighted by atomic mass is 10.3. The Balaban J connectivity index is 2.11. The van der Waals surface area contributed by atoms with Crippen molar-refractivity contribution >= 4 is 48.6 Å². The molecular weight excluding hydrogens is 380 g/mol. The summed E-state index contributed by atoms with van der Waals surface area (Å²) in [7, 11) is -1.59. The minimum Gasteiger partial charge on any atom is -0.315 e. The fraction of sp³-hybridized carbons (Fsp3) is 0.333. The molecule has 4 nitrogen and oxygen atoms in total. The van der Waals surface area contributed by atoms with Crippen LogP contribution in [0.25, 0.3) is 0 Å². The fourth-order valence-corrected chi connectivity index (χ4v) is 5.81. The maximum absolute atomic E-state index is 12.3. The maximum Gasteiger partial charge on any atom is 0.250 e. The van der Waals surface area contributed by atoms with Crippen LogP contribution in [0.15, 0.2) is 26.2 Å². The minimum atomic E-state index is -3.44. The van der Waals surface area contributed by atoms with Crippen molar-refractivity contribution in [2.45, 2.75) is 24.2 Å². The first-order valence-corrected chi connectivity index (χ1v) is 9.81. The van der Waals surface area contributed by atoms with Crippen LogP contribution in [0, 0.1) is 6.92 Å². The molecule has 0 aliphatic rings. The highest BCUT2D eigenvalue weighted by Gasteiger charge is 2.18. The number of hydrogen-bond acceptors (Lipinski definition) is 5. The highest BCUT2D eigenvalue weighted by atomic mass is 79.9. The summed E-state index contributed by atoms with van der Waals surface area (Å²) in [6.45, 7) is 2.93. The van der Waals surface area contributed by atoms with Crippen molar-refractivity contribution in [1.29, 1.82) is 0 Å². The number of aryl methyl sites for hydroxylation is 1. The van der Waals surface area contributed by atoms with Crippen molar-refractivity contribution < 1.29 is 8.42 Å². The number of nitrogens with one attached hydrogen (secondary N) is 2. The third-order valence-electron chi connectivity index (χ3n) is 2.67. The molecule has 2 N–H and O–H groups in total. The number of thiophene rings is 2. The van der Waals surface area contributed by atoms with Gasteiger partial charge in [-0.2, -0.15) is 0 Å². The average Bonchev–Trinajstić information content (AvgIpc) is 2.95. The van der Waals surface area contributed by atoms with Gasteiger partial charge in [0.1, 0.15) is 4.21 Å². The third kappa shape index (κ3) is 3.90. The predicted octanol–water partition coefficient (Wildman–Crippen LogP) is 3.08. The summed E-state index contributed by atoms with van der Waals surface area (Å²) in [6, 6.07) is 5.54. The summed E-state index contributed by atoms with van der Waals surface area (Å²) in [4.78, 5) is 2.02. The largest absolute Gasteiger partial charge is 0.315 e. The summed E-state index contributed by atoms with van der Waals surface area (Å²) in [5, 5.41) is 3.04. The molecule has 8 heteroatoms. The van der Waals surface area contributed by atoms with E-state index in [4.69, 9.17) is 0 Å². The number of rotatable bonds is 6. The monoisotopic (exact) mass is 394 g/mol. The van der Waals surface area contributed by atoms with Gasteiger partial charge in [0.05, 0.1) is 3.79 Å². The van der Waals surface area contributed by atoms with Crippen LogP contribution in [0.5, 0.6) is 0 Å². The van der Waals surface area contributed by atoms with Gasteiger partial charge >= 0.3 is 0 Å². The molecule has 0 radical (unpaired) electrons. The summed E-state index contributed by atoms with van der Waals surface area (Å²) in [5.41, 5.74) is 1.00. The van der Waals surface area contributed by atoms with Crippen LogP contribution >= 0.6 is 38.6 Å². The molecule has 2 aromatic heterocycles. The van der Waals surface area contributed by atoms with E-state index in [0.717, 1.165) is 19.1 Å². The second-order valence-corrected chi connectivity index (χ2v) is 9.91.